The largest absolute Gasteiger partial charge is 0.325 e. The first-order valence-electron chi connectivity index (χ1n) is 9.87. The van der Waals surface area contributed by atoms with Crippen molar-refractivity contribution in [3.05, 3.63) is 94.8 Å². The number of carbonyl (C=O) groups excluding carboxylic acids is 2. The third kappa shape index (κ3) is 4.70. The Morgan fingerprint density at radius 2 is 1.59 bits per heavy atom. The molecule has 0 bridgehead atoms. The Morgan fingerprint density at radius 3 is 2.41 bits per heavy atom. The molecule has 0 fully saturated rings. The molecule has 2 amide bonds. The molecule has 1 aromatic heterocycles. The summed E-state index contributed by atoms with van der Waals surface area (Å²) in [5, 5.41) is 6.57. The summed E-state index contributed by atoms with van der Waals surface area (Å²) >= 11 is 1.16. The highest BCUT2D eigenvalue weighted by Crippen LogP contribution is 2.20. The van der Waals surface area contributed by atoms with Crippen molar-refractivity contribution in [3.63, 3.8) is 0 Å². The van der Waals surface area contributed by atoms with Crippen LogP contribution in [0.2, 0.25) is 0 Å². The molecule has 0 spiro atoms. The van der Waals surface area contributed by atoms with Crippen molar-refractivity contribution < 1.29 is 9.59 Å². The predicted molar refractivity (Wildman–Crippen MR) is 127 cm³/mol. The van der Waals surface area contributed by atoms with Crippen LogP contribution in [0.5, 0.6) is 0 Å². The molecule has 0 saturated carbocycles. The molecule has 4 rings (SSSR count). The Balaban J connectivity index is 1.46. The van der Waals surface area contributed by atoms with Gasteiger partial charge in [0.2, 0.25) is 5.91 Å². The van der Waals surface area contributed by atoms with E-state index in [1.807, 2.05) is 24.3 Å². The fraction of sp³-hybridized carbons (Fsp3) is 0.0833. The monoisotopic (exact) mass is 444 g/mol. The van der Waals surface area contributed by atoms with Crippen molar-refractivity contribution in [2.75, 3.05) is 16.4 Å². The summed E-state index contributed by atoms with van der Waals surface area (Å²) in [6.07, 6.45) is 0. The highest BCUT2D eigenvalue weighted by Gasteiger charge is 2.15. The van der Waals surface area contributed by atoms with Gasteiger partial charge in [0.05, 0.1) is 27.9 Å². The Labute approximate surface area is 188 Å². The number of fused-ring (bicyclic) bond motifs is 1. The number of nitrogens with zero attached hydrogens (tertiary/aromatic N) is 2. The maximum absolute atomic E-state index is 12.7. The van der Waals surface area contributed by atoms with Gasteiger partial charge in [-0.05, 0) is 36.4 Å². The van der Waals surface area contributed by atoms with Crippen LogP contribution in [0.15, 0.2) is 88.8 Å². The summed E-state index contributed by atoms with van der Waals surface area (Å²) in [7, 11) is 1.63. The fourth-order valence-corrected chi connectivity index (χ4v) is 3.92. The number of aromatic nitrogens is 2. The molecule has 3 aromatic carbocycles. The van der Waals surface area contributed by atoms with Crippen LogP contribution in [-0.2, 0) is 11.8 Å². The van der Waals surface area contributed by atoms with Gasteiger partial charge in [-0.1, -0.05) is 54.2 Å². The summed E-state index contributed by atoms with van der Waals surface area (Å²) in [6.45, 7) is 0. The minimum absolute atomic E-state index is 0.0350. The lowest BCUT2D eigenvalue weighted by atomic mass is 10.1. The normalized spacial score (nSPS) is 10.7. The number of para-hydroxylation sites is 3. The molecular formula is C24H20N4O3S. The fourth-order valence-electron chi connectivity index (χ4n) is 3.15. The molecule has 8 heteroatoms. The summed E-state index contributed by atoms with van der Waals surface area (Å²) in [5.41, 5.74) is 1.85. The van der Waals surface area contributed by atoms with Crippen LogP contribution < -0.4 is 16.2 Å². The van der Waals surface area contributed by atoms with Crippen molar-refractivity contribution in [2.24, 2.45) is 7.05 Å². The van der Waals surface area contributed by atoms with E-state index in [9.17, 15) is 14.4 Å². The third-order valence-corrected chi connectivity index (χ3v) is 5.78. The molecule has 32 heavy (non-hydrogen) atoms. The van der Waals surface area contributed by atoms with Gasteiger partial charge in [-0.2, -0.15) is 0 Å². The van der Waals surface area contributed by atoms with Crippen molar-refractivity contribution in [1.82, 2.24) is 9.55 Å². The Morgan fingerprint density at radius 1 is 0.906 bits per heavy atom. The highest BCUT2D eigenvalue weighted by molar-refractivity contribution is 7.99. The van der Waals surface area contributed by atoms with E-state index in [-0.39, 0.29) is 23.1 Å². The Hall–Kier alpha value is -3.91. The van der Waals surface area contributed by atoms with Crippen LogP contribution in [0.25, 0.3) is 10.9 Å². The van der Waals surface area contributed by atoms with E-state index in [0.717, 1.165) is 11.8 Å². The van der Waals surface area contributed by atoms with Crippen LogP contribution in [-0.4, -0.2) is 27.1 Å². The molecule has 0 unspecified atom stereocenters. The lowest BCUT2D eigenvalue weighted by molar-refractivity contribution is -0.113. The van der Waals surface area contributed by atoms with E-state index >= 15 is 0 Å². The molecule has 0 atom stereocenters. The number of benzene rings is 3. The molecule has 0 aliphatic rings. The molecule has 1 heterocycles. The minimum atomic E-state index is -0.321. The minimum Gasteiger partial charge on any atom is -0.325 e. The summed E-state index contributed by atoms with van der Waals surface area (Å²) in [4.78, 5) is 42.3. The molecule has 160 valence electrons. The number of nitrogens with one attached hydrogen (secondary N) is 2. The van der Waals surface area contributed by atoms with Crippen molar-refractivity contribution in [2.45, 2.75) is 5.16 Å². The average molecular weight is 445 g/mol. The lowest BCUT2D eigenvalue weighted by Gasteiger charge is -2.12. The second-order valence-corrected chi connectivity index (χ2v) is 7.92. The molecule has 0 radical (unpaired) electrons. The predicted octanol–water partition coefficient (Wildman–Crippen LogP) is 3.92. The lowest BCUT2D eigenvalue weighted by Crippen LogP contribution is -2.22. The third-order valence-electron chi connectivity index (χ3n) is 4.75. The van der Waals surface area contributed by atoms with Gasteiger partial charge >= 0.3 is 0 Å². The summed E-state index contributed by atoms with van der Waals surface area (Å²) in [5.74, 6) is -0.594. The van der Waals surface area contributed by atoms with Crippen LogP contribution in [0, 0.1) is 0 Å². The Kier molecular flexibility index (Phi) is 6.32. The number of anilines is 2. The zero-order valence-corrected chi connectivity index (χ0v) is 18.1. The average Bonchev–Trinajstić information content (AvgIpc) is 2.81. The number of amides is 2. The van der Waals surface area contributed by atoms with Crippen LogP contribution in [0.1, 0.15) is 10.4 Å². The Bertz CT molecular complexity index is 1350. The maximum Gasteiger partial charge on any atom is 0.261 e. The first-order chi connectivity index (χ1) is 15.5. The first kappa shape index (κ1) is 21.3. The molecule has 2 N–H and O–H groups in total. The quantitative estimate of drug-likeness (QED) is 0.347. The van der Waals surface area contributed by atoms with Gasteiger partial charge < -0.3 is 10.6 Å². The smallest absolute Gasteiger partial charge is 0.261 e. The van der Waals surface area contributed by atoms with Crippen LogP contribution in [0.4, 0.5) is 11.4 Å². The van der Waals surface area contributed by atoms with Crippen molar-refractivity contribution in [1.29, 1.82) is 0 Å². The molecule has 0 saturated heterocycles. The van der Waals surface area contributed by atoms with Gasteiger partial charge in [0, 0.05) is 12.7 Å². The zero-order valence-electron chi connectivity index (χ0n) is 17.2. The second-order valence-electron chi connectivity index (χ2n) is 6.98. The highest BCUT2D eigenvalue weighted by atomic mass is 32.2. The van der Waals surface area contributed by atoms with E-state index in [1.54, 1.807) is 61.6 Å². The number of thioether (sulfide) groups is 1. The van der Waals surface area contributed by atoms with E-state index in [0.29, 0.717) is 33.0 Å². The van der Waals surface area contributed by atoms with Gasteiger partial charge in [0.1, 0.15) is 0 Å². The van der Waals surface area contributed by atoms with Gasteiger partial charge in [-0.25, -0.2) is 4.98 Å². The number of rotatable bonds is 6. The molecular weight excluding hydrogens is 424 g/mol. The van der Waals surface area contributed by atoms with Gasteiger partial charge in [-0.15, -0.1) is 0 Å². The van der Waals surface area contributed by atoms with Crippen molar-refractivity contribution >= 4 is 45.9 Å². The topological polar surface area (TPSA) is 93.1 Å². The molecule has 0 aliphatic heterocycles. The van der Waals surface area contributed by atoms with E-state index in [4.69, 9.17) is 0 Å². The maximum atomic E-state index is 12.7. The van der Waals surface area contributed by atoms with E-state index < -0.39 is 0 Å². The molecule has 4 aromatic rings. The van der Waals surface area contributed by atoms with Crippen LogP contribution >= 0.6 is 11.8 Å². The van der Waals surface area contributed by atoms with E-state index in [1.165, 1.54) is 4.57 Å². The van der Waals surface area contributed by atoms with Gasteiger partial charge in [0.15, 0.2) is 5.16 Å². The summed E-state index contributed by atoms with van der Waals surface area (Å²) < 4.78 is 1.43. The number of hydrogen-bond acceptors (Lipinski definition) is 5. The van der Waals surface area contributed by atoms with Crippen LogP contribution in [0.3, 0.4) is 0 Å². The standard InChI is InChI=1S/C24H20N4O3S/c1-28-23(31)18-12-6-8-14-20(18)27-24(28)32-15-21(29)26-19-13-7-5-11-17(19)22(30)25-16-9-3-2-4-10-16/h2-14H,15H2,1H3,(H,25,30)(H,26,29). The van der Waals surface area contributed by atoms with Gasteiger partial charge in [0.25, 0.3) is 11.5 Å². The molecule has 7 nitrogen and oxygen atoms in total. The first-order valence-corrected chi connectivity index (χ1v) is 10.9. The summed E-state index contributed by atoms with van der Waals surface area (Å²) in [6, 6.07) is 23.0. The SMILES string of the molecule is Cn1c(SCC(=O)Nc2ccccc2C(=O)Nc2ccccc2)nc2ccccc2c1=O. The second kappa shape index (κ2) is 9.49. The van der Waals surface area contributed by atoms with Crippen molar-refractivity contribution in [3.8, 4) is 0 Å². The van der Waals surface area contributed by atoms with E-state index in [2.05, 4.69) is 15.6 Å². The number of hydrogen-bond donors (Lipinski definition) is 2. The zero-order chi connectivity index (χ0) is 22.5. The molecule has 0 aliphatic carbocycles. The number of carbonyl (C=O) groups is 2. The van der Waals surface area contributed by atoms with Gasteiger partial charge in [-0.3, -0.25) is 19.0 Å².